The molecule has 2 aromatic rings. The van der Waals surface area contributed by atoms with Crippen molar-refractivity contribution in [2.45, 2.75) is 11.4 Å². The van der Waals surface area contributed by atoms with Gasteiger partial charge in [-0.3, -0.25) is 4.98 Å². The van der Waals surface area contributed by atoms with Crippen LogP contribution in [0.2, 0.25) is 0 Å². The monoisotopic (exact) mass is 278 g/mol. The number of nitrogens with one attached hydrogen (secondary N) is 1. The SMILES string of the molecule is COc1ccccc1S(=O)(=O)NCc1cccnc1. The lowest BCUT2D eigenvalue weighted by atomic mass is 10.3. The number of aromatic nitrogens is 1. The van der Waals surface area contributed by atoms with Gasteiger partial charge in [-0.1, -0.05) is 18.2 Å². The van der Waals surface area contributed by atoms with Crippen molar-refractivity contribution in [1.82, 2.24) is 9.71 Å². The quantitative estimate of drug-likeness (QED) is 0.901. The Hall–Kier alpha value is -1.92. The molecule has 0 fully saturated rings. The predicted octanol–water partition coefficient (Wildman–Crippen LogP) is 1.57. The largest absolute Gasteiger partial charge is 0.495 e. The van der Waals surface area contributed by atoms with Crippen LogP contribution in [-0.2, 0) is 16.6 Å². The summed E-state index contributed by atoms with van der Waals surface area (Å²) in [5, 5.41) is 0. The number of hydrogen-bond donors (Lipinski definition) is 1. The number of para-hydroxylation sites is 1. The summed E-state index contributed by atoms with van der Waals surface area (Å²) >= 11 is 0. The van der Waals surface area contributed by atoms with E-state index in [1.165, 1.54) is 13.2 Å². The molecule has 0 spiro atoms. The van der Waals surface area contributed by atoms with Gasteiger partial charge >= 0.3 is 0 Å². The highest BCUT2D eigenvalue weighted by molar-refractivity contribution is 7.89. The summed E-state index contributed by atoms with van der Waals surface area (Å²) in [7, 11) is -2.16. The standard InChI is InChI=1S/C13H14N2O3S/c1-18-12-6-2-3-7-13(12)19(16,17)15-10-11-5-4-8-14-9-11/h2-9,15H,10H2,1H3. The minimum atomic E-state index is -3.60. The average molecular weight is 278 g/mol. The van der Waals surface area contributed by atoms with Crippen molar-refractivity contribution in [3.8, 4) is 5.75 Å². The third-order valence-electron chi connectivity index (χ3n) is 2.55. The topological polar surface area (TPSA) is 68.3 Å². The van der Waals surface area contributed by atoms with Crippen LogP contribution in [0.3, 0.4) is 0 Å². The van der Waals surface area contributed by atoms with Crippen molar-refractivity contribution in [3.05, 3.63) is 54.4 Å². The van der Waals surface area contributed by atoms with E-state index in [0.717, 1.165) is 5.56 Å². The van der Waals surface area contributed by atoms with Gasteiger partial charge in [0.15, 0.2) is 0 Å². The van der Waals surface area contributed by atoms with Crippen molar-refractivity contribution in [1.29, 1.82) is 0 Å². The second-order valence-electron chi connectivity index (χ2n) is 3.84. The van der Waals surface area contributed by atoms with Gasteiger partial charge < -0.3 is 4.74 Å². The highest BCUT2D eigenvalue weighted by Gasteiger charge is 2.18. The zero-order valence-corrected chi connectivity index (χ0v) is 11.2. The molecule has 0 saturated heterocycles. The number of ether oxygens (including phenoxy) is 1. The Bertz CT molecular complexity index is 642. The second-order valence-corrected chi connectivity index (χ2v) is 5.57. The van der Waals surface area contributed by atoms with Crippen LogP contribution in [0.4, 0.5) is 0 Å². The Morgan fingerprint density at radius 1 is 1.21 bits per heavy atom. The molecule has 0 unspecified atom stereocenters. The number of rotatable bonds is 5. The van der Waals surface area contributed by atoms with Crippen molar-refractivity contribution in [2.75, 3.05) is 7.11 Å². The highest BCUT2D eigenvalue weighted by Crippen LogP contribution is 2.22. The van der Waals surface area contributed by atoms with E-state index in [-0.39, 0.29) is 11.4 Å². The Morgan fingerprint density at radius 3 is 2.68 bits per heavy atom. The third kappa shape index (κ3) is 3.30. The summed E-state index contributed by atoms with van der Waals surface area (Å²) in [6, 6.07) is 10.0. The fourth-order valence-electron chi connectivity index (χ4n) is 1.60. The van der Waals surface area contributed by atoms with E-state index in [4.69, 9.17) is 4.74 Å². The highest BCUT2D eigenvalue weighted by atomic mass is 32.2. The van der Waals surface area contributed by atoms with Crippen LogP contribution in [-0.4, -0.2) is 20.5 Å². The summed E-state index contributed by atoms with van der Waals surface area (Å²) in [6.45, 7) is 0.189. The zero-order valence-electron chi connectivity index (χ0n) is 10.4. The number of benzene rings is 1. The number of hydrogen-bond acceptors (Lipinski definition) is 4. The molecule has 6 heteroatoms. The van der Waals surface area contributed by atoms with Crippen LogP contribution in [0.25, 0.3) is 0 Å². The van der Waals surface area contributed by atoms with E-state index in [1.807, 2.05) is 0 Å². The normalized spacial score (nSPS) is 11.2. The molecule has 100 valence electrons. The number of nitrogens with zero attached hydrogens (tertiary/aromatic N) is 1. The van der Waals surface area contributed by atoms with Crippen LogP contribution in [0, 0.1) is 0 Å². The maximum absolute atomic E-state index is 12.2. The molecule has 0 amide bonds. The summed E-state index contributed by atoms with van der Waals surface area (Å²) < 4.78 is 31.9. The first-order valence-electron chi connectivity index (χ1n) is 5.65. The van der Waals surface area contributed by atoms with Gasteiger partial charge in [0.05, 0.1) is 7.11 Å². The van der Waals surface area contributed by atoms with Crippen LogP contribution >= 0.6 is 0 Å². The second kappa shape index (κ2) is 5.81. The molecular weight excluding hydrogens is 264 g/mol. The van der Waals surface area contributed by atoms with E-state index in [0.29, 0.717) is 5.75 Å². The summed E-state index contributed by atoms with van der Waals surface area (Å²) in [5.41, 5.74) is 0.793. The summed E-state index contributed by atoms with van der Waals surface area (Å²) in [6.07, 6.45) is 3.25. The lowest BCUT2D eigenvalue weighted by Gasteiger charge is -2.10. The molecule has 2 rings (SSSR count). The minimum absolute atomic E-state index is 0.126. The molecule has 0 aliphatic rings. The fraction of sp³-hybridized carbons (Fsp3) is 0.154. The molecule has 0 atom stereocenters. The van der Waals surface area contributed by atoms with Gasteiger partial charge in [-0.25, -0.2) is 13.1 Å². The predicted molar refractivity (Wildman–Crippen MR) is 71.3 cm³/mol. The number of sulfonamides is 1. The maximum Gasteiger partial charge on any atom is 0.244 e. The van der Waals surface area contributed by atoms with E-state index < -0.39 is 10.0 Å². The molecule has 0 aliphatic heterocycles. The summed E-state index contributed by atoms with van der Waals surface area (Å²) in [5.74, 6) is 0.321. The fourth-order valence-corrected chi connectivity index (χ4v) is 2.79. The molecule has 1 aromatic carbocycles. The van der Waals surface area contributed by atoms with Gasteiger partial charge in [0.2, 0.25) is 10.0 Å². The Balaban J connectivity index is 2.19. The van der Waals surface area contributed by atoms with Crippen LogP contribution in [0.5, 0.6) is 5.75 Å². The first-order valence-corrected chi connectivity index (χ1v) is 7.13. The van der Waals surface area contributed by atoms with Gasteiger partial charge in [0.1, 0.15) is 10.6 Å². The van der Waals surface area contributed by atoms with Gasteiger partial charge in [-0.15, -0.1) is 0 Å². The van der Waals surface area contributed by atoms with Gasteiger partial charge in [-0.2, -0.15) is 0 Å². The minimum Gasteiger partial charge on any atom is -0.495 e. The Kier molecular flexibility index (Phi) is 4.13. The molecule has 0 saturated carbocycles. The van der Waals surface area contributed by atoms with E-state index in [1.54, 1.807) is 42.7 Å². The van der Waals surface area contributed by atoms with E-state index in [2.05, 4.69) is 9.71 Å². The van der Waals surface area contributed by atoms with Gasteiger partial charge in [-0.05, 0) is 23.8 Å². The van der Waals surface area contributed by atoms with Crippen LogP contribution in [0.15, 0.2) is 53.7 Å². The third-order valence-corrected chi connectivity index (χ3v) is 3.99. The van der Waals surface area contributed by atoms with Gasteiger partial charge in [0.25, 0.3) is 0 Å². The van der Waals surface area contributed by atoms with Crippen molar-refractivity contribution in [2.24, 2.45) is 0 Å². The Labute approximate surface area is 112 Å². The average Bonchev–Trinajstić information content (AvgIpc) is 2.46. The molecular formula is C13H14N2O3S. The Morgan fingerprint density at radius 2 is 2.00 bits per heavy atom. The van der Waals surface area contributed by atoms with Crippen LogP contribution in [0.1, 0.15) is 5.56 Å². The first-order chi connectivity index (χ1) is 9.13. The molecule has 1 N–H and O–H groups in total. The smallest absolute Gasteiger partial charge is 0.244 e. The molecule has 0 bridgehead atoms. The van der Waals surface area contributed by atoms with Crippen molar-refractivity contribution in [3.63, 3.8) is 0 Å². The lowest BCUT2D eigenvalue weighted by molar-refractivity contribution is 0.402. The number of methoxy groups -OCH3 is 1. The molecule has 0 aliphatic carbocycles. The summed E-state index contributed by atoms with van der Waals surface area (Å²) in [4.78, 5) is 4.06. The maximum atomic E-state index is 12.2. The molecule has 1 aromatic heterocycles. The first kappa shape index (κ1) is 13.5. The van der Waals surface area contributed by atoms with E-state index in [9.17, 15) is 8.42 Å². The van der Waals surface area contributed by atoms with E-state index >= 15 is 0 Å². The van der Waals surface area contributed by atoms with Crippen LogP contribution < -0.4 is 9.46 Å². The van der Waals surface area contributed by atoms with Crippen molar-refractivity contribution < 1.29 is 13.2 Å². The molecule has 1 heterocycles. The van der Waals surface area contributed by atoms with Gasteiger partial charge in [0, 0.05) is 18.9 Å². The molecule has 5 nitrogen and oxygen atoms in total. The number of pyridine rings is 1. The zero-order chi connectivity index (χ0) is 13.7. The van der Waals surface area contributed by atoms with Crippen molar-refractivity contribution >= 4 is 10.0 Å². The molecule has 19 heavy (non-hydrogen) atoms. The molecule has 0 radical (unpaired) electrons. The lowest BCUT2D eigenvalue weighted by Crippen LogP contribution is -2.23.